The summed E-state index contributed by atoms with van der Waals surface area (Å²) in [6.07, 6.45) is 6.50. The second-order valence-electron chi connectivity index (χ2n) is 5.75. The van der Waals surface area contributed by atoms with E-state index in [4.69, 9.17) is 5.41 Å². The number of anilines is 1. The maximum atomic E-state index is 14.5. The van der Waals surface area contributed by atoms with Crippen LogP contribution in [0.2, 0.25) is 0 Å². The Balaban J connectivity index is 1.82. The molecular weight excluding hydrogens is 333 g/mol. The van der Waals surface area contributed by atoms with E-state index in [2.05, 4.69) is 30.6 Å². The predicted molar refractivity (Wildman–Crippen MR) is 99.8 cm³/mol. The zero-order valence-electron chi connectivity index (χ0n) is 14.6. The van der Waals surface area contributed by atoms with E-state index in [1.165, 1.54) is 6.33 Å². The number of halogens is 1. The van der Waals surface area contributed by atoms with Crippen molar-refractivity contribution in [1.29, 1.82) is 5.41 Å². The van der Waals surface area contributed by atoms with Gasteiger partial charge in [0, 0.05) is 42.5 Å². The number of hydrogen-bond acceptors (Lipinski definition) is 6. The Hall–Kier alpha value is -3.29. The van der Waals surface area contributed by atoms with Gasteiger partial charge in [0.25, 0.3) is 0 Å². The van der Waals surface area contributed by atoms with Crippen LogP contribution >= 0.6 is 0 Å². The second kappa shape index (κ2) is 7.73. The molecule has 0 spiro atoms. The van der Waals surface area contributed by atoms with E-state index in [9.17, 15) is 4.39 Å². The second-order valence-corrected chi connectivity index (χ2v) is 5.75. The smallest absolute Gasteiger partial charge is 0.218 e. The number of H-pyrrole nitrogens is 1. The number of nitrogens with one attached hydrogen (secondary N) is 4. The number of fused-ring (bicyclic) bond motifs is 1. The average Bonchev–Trinajstić information content (AvgIpc) is 3.05. The molecule has 0 aliphatic rings. The Kier molecular flexibility index (Phi) is 5.21. The van der Waals surface area contributed by atoms with Crippen molar-refractivity contribution < 1.29 is 4.39 Å². The molecule has 0 aliphatic heterocycles. The molecule has 3 aromatic rings. The summed E-state index contributed by atoms with van der Waals surface area (Å²) in [4.78, 5) is 15.4. The summed E-state index contributed by atoms with van der Waals surface area (Å²) in [7, 11) is 0. The zero-order chi connectivity index (χ0) is 18.5. The van der Waals surface area contributed by atoms with E-state index in [1.54, 1.807) is 18.3 Å². The number of aryl methyl sites for hydroxylation is 1. The van der Waals surface area contributed by atoms with Crippen LogP contribution in [0.1, 0.15) is 23.7 Å². The van der Waals surface area contributed by atoms with Crippen molar-refractivity contribution >= 4 is 23.1 Å². The van der Waals surface area contributed by atoms with Crippen molar-refractivity contribution in [2.45, 2.75) is 20.3 Å². The van der Waals surface area contributed by atoms with Gasteiger partial charge in [-0.3, -0.25) is 0 Å². The van der Waals surface area contributed by atoms with Crippen molar-refractivity contribution in [3.05, 3.63) is 59.3 Å². The third kappa shape index (κ3) is 3.69. The highest BCUT2D eigenvalue weighted by Crippen LogP contribution is 2.23. The number of nitrogens with zero attached hydrogens (tertiary/aromatic N) is 3. The first kappa shape index (κ1) is 17.5. The van der Waals surface area contributed by atoms with Crippen molar-refractivity contribution in [2.24, 2.45) is 0 Å². The number of pyridine rings is 1. The zero-order valence-corrected chi connectivity index (χ0v) is 14.6. The lowest BCUT2D eigenvalue weighted by atomic mass is 10.1. The average molecular weight is 353 g/mol. The lowest BCUT2D eigenvalue weighted by Gasteiger charge is -2.08. The van der Waals surface area contributed by atoms with Crippen LogP contribution in [0.15, 0.2) is 36.6 Å². The maximum absolute atomic E-state index is 14.5. The van der Waals surface area contributed by atoms with E-state index in [0.29, 0.717) is 23.5 Å². The van der Waals surface area contributed by atoms with E-state index < -0.39 is 5.95 Å². The molecule has 0 aromatic carbocycles. The highest BCUT2D eigenvalue weighted by molar-refractivity contribution is 5.82. The fourth-order valence-corrected chi connectivity index (χ4v) is 2.68. The molecule has 8 heteroatoms. The molecular formula is C18H20FN7. The third-order valence-corrected chi connectivity index (χ3v) is 3.94. The van der Waals surface area contributed by atoms with Gasteiger partial charge in [-0.1, -0.05) is 6.07 Å². The van der Waals surface area contributed by atoms with Crippen LogP contribution in [0.3, 0.4) is 0 Å². The summed E-state index contributed by atoms with van der Waals surface area (Å²) in [5, 5.41) is 14.2. The van der Waals surface area contributed by atoms with Gasteiger partial charge < -0.3 is 21.0 Å². The Bertz CT molecular complexity index is 961. The molecule has 0 amide bonds. The van der Waals surface area contributed by atoms with E-state index >= 15 is 0 Å². The van der Waals surface area contributed by atoms with Gasteiger partial charge in [0.05, 0.1) is 11.4 Å². The Morgan fingerprint density at radius 1 is 1.31 bits per heavy atom. The van der Waals surface area contributed by atoms with Crippen molar-refractivity contribution in [1.82, 2.24) is 25.3 Å². The van der Waals surface area contributed by atoms with Gasteiger partial charge in [-0.05, 0) is 25.5 Å². The minimum Gasteiger partial charge on any atom is -0.389 e. The first-order chi connectivity index (χ1) is 12.6. The molecule has 0 atom stereocenters. The molecule has 0 fully saturated rings. The van der Waals surface area contributed by atoms with E-state index in [1.807, 2.05) is 20.0 Å². The molecule has 0 radical (unpaired) electrons. The third-order valence-electron chi connectivity index (χ3n) is 3.94. The lowest BCUT2D eigenvalue weighted by Crippen LogP contribution is -2.11. The van der Waals surface area contributed by atoms with Crippen molar-refractivity contribution in [3.8, 4) is 0 Å². The number of allylic oxidation sites excluding steroid dienone is 1. The Labute approximate surface area is 150 Å². The lowest BCUT2D eigenvalue weighted by molar-refractivity contribution is 0.572. The summed E-state index contributed by atoms with van der Waals surface area (Å²) >= 11 is 0. The highest BCUT2D eigenvalue weighted by atomic mass is 19.1. The Morgan fingerprint density at radius 3 is 2.88 bits per heavy atom. The quantitative estimate of drug-likeness (QED) is 0.386. The predicted octanol–water partition coefficient (Wildman–Crippen LogP) is 2.90. The minimum atomic E-state index is -0.549. The number of aromatic nitrogens is 4. The van der Waals surface area contributed by atoms with E-state index in [0.717, 1.165) is 35.1 Å². The maximum Gasteiger partial charge on any atom is 0.218 e. The van der Waals surface area contributed by atoms with Gasteiger partial charge in [-0.25, -0.2) is 15.0 Å². The SMILES string of the molecule is CCN/C=C(\C=N)Nc1ccc(Cc2c[nH]c3ncnc(C)c23)c(F)n1. The van der Waals surface area contributed by atoms with Gasteiger partial charge in [-0.2, -0.15) is 4.39 Å². The fourth-order valence-electron chi connectivity index (χ4n) is 2.68. The number of rotatable bonds is 7. The minimum absolute atomic E-state index is 0.345. The van der Waals surface area contributed by atoms with Gasteiger partial charge in [0.15, 0.2) is 0 Å². The largest absolute Gasteiger partial charge is 0.389 e. The topological polar surface area (TPSA) is 102 Å². The molecule has 4 N–H and O–H groups in total. The summed E-state index contributed by atoms with van der Waals surface area (Å²) in [6.45, 7) is 4.58. The summed E-state index contributed by atoms with van der Waals surface area (Å²) in [5.74, 6) is -0.205. The molecule has 0 saturated carbocycles. The first-order valence-electron chi connectivity index (χ1n) is 8.26. The van der Waals surface area contributed by atoms with Crippen LogP contribution < -0.4 is 10.6 Å². The van der Waals surface area contributed by atoms with Crippen LogP contribution in [0, 0.1) is 18.3 Å². The van der Waals surface area contributed by atoms with E-state index in [-0.39, 0.29) is 0 Å². The van der Waals surface area contributed by atoms with Crippen LogP contribution in [-0.2, 0) is 6.42 Å². The van der Waals surface area contributed by atoms with Crippen LogP contribution in [0.25, 0.3) is 11.0 Å². The standard InChI is InChI=1S/C18H20FN7/c1-3-21-9-14(7-20)25-15-5-4-12(17(19)26-15)6-13-8-22-18-16(13)11(2)23-10-24-18/h4-5,7-10,20-21H,3,6H2,1-2H3,(H,25,26)(H,22,23,24)/b14-9+,20-7?. The normalized spacial score (nSPS) is 11.6. The summed E-state index contributed by atoms with van der Waals surface area (Å²) in [6, 6.07) is 3.39. The molecule has 134 valence electrons. The molecule has 26 heavy (non-hydrogen) atoms. The fraction of sp³-hybridized carbons (Fsp3) is 0.222. The first-order valence-corrected chi connectivity index (χ1v) is 8.26. The summed E-state index contributed by atoms with van der Waals surface area (Å²) in [5.41, 5.74) is 3.49. The van der Waals surface area contributed by atoms with Crippen molar-refractivity contribution in [2.75, 3.05) is 11.9 Å². The number of hydrogen-bond donors (Lipinski definition) is 4. The van der Waals surface area contributed by atoms with Crippen LogP contribution in [0.4, 0.5) is 10.2 Å². The number of aromatic amines is 1. The molecule has 0 unspecified atom stereocenters. The highest BCUT2D eigenvalue weighted by Gasteiger charge is 2.12. The van der Waals surface area contributed by atoms with Gasteiger partial charge >= 0.3 is 0 Å². The van der Waals surface area contributed by atoms with Crippen LogP contribution in [0.5, 0.6) is 0 Å². The molecule has 7 nitrogen and oxygen atoms in total. The molecule has 3 aromatic heterocycles. The molecule has 0 saturated heterocycles. The Morgan fingerprint density at radius 2 is 2.15 bits per heavy atom. The van der Waals surface area contributed by atoms with Crippen molar-refractivity contribution in [3.63, 3.8) is 0 Å². The monoisotopic (exact) mass is 353 g/mol. The van der Waals surface area contributed by atoms with Gasteiger partial charge in [-0.15, -0.1) is 0 Å². The van der Waals surface area contributed by atoms with Gasteiger partial charge in [0.1, 0.15) is 17.8 Å². The molecule has 0 bridgehead atoms. The summed E-state index contributed by atoms with van der Waals surface area (Å²) < 4.78 is 14.5. The molecule has 3 heterocycles. The van der Waals surface area contributed by atoms with Gasteiger partial charge in [0.2, 0.25) is 5.95 Å². The molecule has 3 rings (SSSR count). The molecule has 0 aliphatic carbocycles. The van der Waals surface area contributed by atoms with Crippen LogP contribution in [-0.4, -0.2) is 32.7 Å².